The number of nitrogens with one attached hydrogen (secondary N) is 1. The van der Waals surface area contributed by atoms with E-state index in [4.69, 9.17) is 0 Å². The highest BCUT2D eigenvalue weighted by atomic mass is 32.1. The molecule has 7 nitrogen and oxygen atoms in total. The van der Waals surface area contributed by atoms with E-state index in [2.05, 4.69) is 19.9 Å². The van der Waals surface area contributed by atoms with Gasteiger partial charge in [0.2, 0.25) is 0 Å². The highest BCUT2D eigenvalue weighted by molar-refractivity contribution is 7.10. The summed E-state index contributed by atoms with van der Waals surface area (Å²) in [5, 5.41) is 12.4. The minimum absolute atomic E-state index is 0.0227. The highest BCUT2D eigenvalue weighted by Gasteiger charge is 2.27. The molecular formula is C15H20N6OS. The minimum atomic E-state index is 0.0227. The summed E-state index contributed by atoms with van der Waals surface area (Å²) in [6, 6.07) is 2.01. The van der Waals surface area contributed by atoms with Gasteiger partial charge in [-0.2, -0.15) is 9.47 Å². The maximum atomic E-state index is 12.9. The van der Waals surface area contributed by atoms with Crippen LogP contribution in [0, 0.1) is 6.92 Å². The molecule has 3 rings (SSSR count). The van der Waals surface area contributed by atoms with Crippen molar-refractivity contribution in [1.29, 1.82) is 0 Å². The molecule has 0 spiro atoms. The summed E-state index contributed by atoms with van der Waals surface area (Å²) in [4.78, 5) is 16.7. The van der Waals surface area contributed by atoms with Gasteiger partial charge in [-0.3, -0.25) is 4.79 Å². The number of hydrogen-bond donors (Lipinski definition) is 1. The summed E-state index contributed by atoms with van der Waals surface area (Å²) in [5.41, 5.74) is 3.50. The Labute approximate surface area is 139 Å². The minimum Gasteiger partial charge on any atom is -0.378 e. The predicted molar refractivity (Wildman–Crippen MR) is 91.2 cm³/mol. The molecule has 1 N–H and O–H groups in total. The van der Waals surface area contributed by atoms with Crippen molar-refractivity contribution in [2.24, 2.45) is 0 Å². The van der Waals surface area contributed by atoms with Crippen molar-refractivity contribution in [2.45, 2.75) is 19.9 Å². The van der Waals surface area contributed by atoms with Gasteiger partial charge in [0.15, 0.2) is 5.82 Å². The number of carbonyl (C=O) groups excluding carboxylic acids is 1. The molecule has 0 radical (unpaired) electrons. The Morgan fingerprint density at radius 2 is 2.17 bits per heavy atom. The molecule has 0 aromatic carbocycles. The molecule has 0 bridgehead atoms. The van der Waals surface area contributed by atoms with Gasteiger partial charge in [-0.1, -0.05) is 0 Å². The Morgan fingerprint density at radius 3 is 2.87 bits per heavy atom. The van der Waals surface area contributed by atoms with E-state index < -0.39 is 0 Å². The van der Waals surface area contributed by atoms with Crippen LogP contribution < -0.4 is 10.2 Å². The lowest BCUT2D eigenvalue weighted by Gasteiger charge is -2.28. The van der Waals surface area contributed by atoms with Crippen molar-refractivity contribution >= 4 is 28.3 Å². The fourth-order valence-electron chi connectivity index (χ4n) is 2.66. The van der Waals surface area contributed by atoms with E-state index >= 15 is 0 Å². The van der Waals surface area contributed by atoms with Crippen LogP contribution in [0.2, 0.25) is 0 Å². The SMILES string of the molecule is CNc1snc(C)c1C(=O)N1CCc2nnc(N(C)C)cc2C1. The fraction of sp³-hybridized carbons (Fsp3) is 0.467. The van der Waals surface area contributed by atoms with Gasteiger partial charge < -0.3 is 15.1 Å². The average Bonchev–Trinajstić information content (AvgIpc) is 2.93. The highest BCUT2D eigenvalue weighted by Crippen LogP contribution is 2.28. The molecule has 0 unspecified atom stereocenters. The van der Waals surface area contributed by atoms with Gasteiger partial charge in [-0.05, 0) is 30.1 Å². The van der Waals surface area contributed by atoms with Gasteiger partial charge in [0, 0.05) is 40.7 Å². The number of anilines is 2. The third kappa shape index (κ3) is 2.86. The quantitative estimate of drug-likeness (QED) is 0.919. The van der Waals surface area contributed by atoms with Crippen molar-refractivity contribution in [1.82, 2.24) is 19.5 Å². The molecule has 3 heterocycles. The van der Waals surface area contributed by atoms with E-state index in [-0.39, 0.29) is 5.91 Å². The zero-order valence-electron chi connectivity index (χ0n) is 13.8. The summed E-state index contributed by atoms with van der Waals surface area (Å²) in [6.45, 7) is 3.08. The predicted octanol–water partition coefficient (Wildman–Crippen LogP) is 1.55. The van der Waals surface area contributed by atoms with Crippen molar-refractivity contribution in [3.05, 3.63) is 28.6 Å². The molecule has 0 aliphatic carbocycles. The van der Waals surface area contributed by atoms with Gasteiger partial charge in [0.1, 0.15) is 5.00 Å². The van der Waals surface area contributed by atoms with Gasteiger partial charge in [0.25, 0.3) is 5.91 Å². The maximum absolute atomic E-state index is 12.9. The van der Waals surface area contributed by atoms with Crippen LogP contribution in [0.15, 0.2) is 6.07 Å². The lowest BCUT2D eigenvalue weighted by molar-refractivity contribution is 0.0733. The summed E-state index contributed by atoms with van der Waals surface area (Å²) >= 11 is 1.32. The fourth-order valence-corrected chi connectivity index (χ4v) is 3.40. The second-order valence-corrected chi connectivity index (χ2v) is 6.54. The van der Waals surface area contributed by atoms with Gasteiger partial charge in [-0.15, -0.1) is 5.10 Å². The standard InChI is InChI=1S/C15H20N6OS/c1-9-13(14(16-2)23-19-9)15(22)21-6-5-11-10(8-21)7-12(18-17-11)20(3)4/h7,16H,5-6,8H2,1-4H3. The molecule has 122 valence electrons. The number of hydrogen-bond acceptors (Lipinski definition) is 7. The number of aryl methyl sites for hydroxylation is 1. The van der Waals surface area contributed by atoms with Crippen molar-refractivity contribution in [2.75, 3.05) is 37.9 Å². The number of amides is 1. The van der Waals surface area contributed by atoms with E-state index in [9.17, 15) is 4.79 Å². The molecule has 23 heavy (non-hydrogen) atoms. The smallest absolute Gasteiger partial charge is 0.259 e. The molecule has 2 aromatic heterocycles. The van der Waals surface area contributed by atoms with Gasteiger partial charge in [0.05, 0.1) is 17.0 Å². The first kappa shape index (κ1) is 15.7. The lowest BCUT2D eigenvalue weighted by Crippen LogP contribution is -2.37. The topological polar surface area (TPSA) is 74.2 Å². The first-order valence-corrected chi connectivity index (χ1v) is 8.24. The van der Waals surface area contributed by atoms with Crippen LogP contribution in [-0.2, 0) is 13.0 Å². The number of aromatic nitrogens is 3. The molecule has 0 saturated heterocycles. The largest absolute Gasteiger partial charge is 0.378 e. The summed E-state index contributed by atoms with van der Waals surface area (Å²) in [6.07, 6.45) is 0.729. The molecule has 0 saturated carbocycles. The van der Waals surface area contributed by atoms with Gasteiger partial charge >= 0.3 is 0 Å². The summed E-state index contributed by atoms with van der Waals surface area (Å²) in [7, 11) is 5.68. The van der Waals surface area contributed by atoms with E-state index in [0.717, 1.165) is 34.2 Å². The third-order valence-corrected chi connectivity index (χ3v) is 4.93. The monoisotopic (exact) mass is 332 g/mol. The average molecular weight is 332 g/mol. The lowest BCUT2D eigenvalue weighted by atomic mass is 10.0. The van der Waals surface area contributed by atoms with Crippen molar-refractivity contribution in [3.8, 4) is 0 Å². The molecule has 0 fully saturated rings. The normalized spacial score (nSPS) is 13.7. The Bertz CT molecular complexity index is 742. The summed E-state index contributed by atoms with van der Waals surface area (Å²) < 4.78 is 4.29. The Balaban J connectivity index is 1.87. The first-order valence-electron chi connectivity index (χ1n) is 7.47. The zero-order valence-corrected chi connectivity index (χ0v) is 14.6. The Morgan fingerprint density at radius 1 is 1.39 bits per heavy atom. The van der Waals surface area contributed by atoms with Crippen LogP contribution in [0.4, 0.5) is 10.8 Å². The Kier molecular flexibility index (Phi) is 4.16. The van der Waals surface area contributed by atoms with E-state index in [1.807, 2.05) is 43.9 Å². The van der Waals surface area contributed by atoms with Crippen LogP contribution in [0.1, 0.15) is 27.3 Å². The molecule has 2 aromatic rings. The molecular weight excluding hydrogens is 312 g/mol. The van der Waals surface area contributed by atoms with Crippen LogP contribution in [0.3, 0.4) is 0 Å². The number of fused-ring (bicyclic) bond motifs is 1. The number of rotatable bonds is 3. The molecule has 0 atom stereocenters. The molecule has 1 aliphatic heterocycles. The van der Waals surface area contributed by atoms with E-state index in [0.29, 0.717) is 18.7 Å². The number of nitrogens with zero attached hydrogens (tertiary/aromatic N) is 5. The van der Waals surface area contributed by atoms with Crippen LogP contribution in [0.25, 0.3) is 0 Å². The first-order chi connectivity index (χ1) is 11.0. The van der Waals surface area contributed by atoms with Crippen LogP contribution in [-0.4, -0.2) is 53.1 Å². The number of carbonyl (C=O) groups is 1. The molecule has 8 heteroatoms. The summed E-state index contributed by atoms with van der Waals surface area (Å²) in [5.74, 6) is 0.830. The Hall–Kier alpha value is -2.22. The maximum Gasteiger partial charge on any atom is 0.259 e. The van der Waals surface area contributed by atoms with Crippen molar-refractivity contribution in [3.63, 3.8) is 0 Å². The van der Waals surface area contributed by atoms with Gasteiger partial charge in [-0.25, -0.2) is 0 Å². The van der Waals surface area contributed by atoms with Crippen LogP contribution >= 0.6 is 11.5 Å². The van der Waals surface area contributed by atoms with E-state index in [1.54, 1.807) is 0 Å². The second kappa shape index (κ2) is 6.11. The van der Waals surface area contributed by atoms with Crippen molar-refractivity contribution < 1.29 is 4.79 Å². The molecule has 1 aliphatic rings. The third-order valence-electron chi connectivity index (χ3n) is 3.98. The van der Waals surface area contributed by atoms with E-state index in [1.165, 1.54) is 11.5 Å². The van der Waals surface area contributed by atoms with Crippen LogP contribution in [0.5, 0.6) is 0 Å². The second-order valence-electron chi connectivity index (χ2n) is 5.77. The zero-order chi connectivity index (χ0) is 16.6. The molecule has 1 amide bonds.